The molecule has 3 N–H and O–H groups in total. The van der Waals surface area contributed by atoms with Gasteiger partial charge in [0.1, 0.15) is 23.4 Å². The van der Waals surface area contributed by atoms with Crippen LogP contribution in [-0.2, 0) is 14.3 Å². The molecular weight excluding hydrogens is 482 g/mol. The normalized spacial score (nSPS) is 13.8. The summed E-state index contributed by atoms with van der Waals surface area (Å²) in [5.74, 6) is -0.626. The number of hydrogen-bond acceptors (Lipinski definition) is 5. The van der Waals surface area contributed by atoms with Gasteiger partial charge < -0.3 is 25.4 Å². The first-order valence-electron chi connectivity index (χ1n) is 13.2. The Bertz CT molecular complexity index is 1090. The number of carbonyl (C=O) groups excluding carboxylic acids is 3. The number of phenolic OH excluding ortho intramolecular Hbond substituents is 1. The number of benzene rings is 2. The van der Waals surface area contributed by atoms with Gasteiger partial charge in [0.05, 0.1) is 0 Å². The van der Waals surface area contributed by atoms with E-state index in [4.69, 9.17) is 4.74 Å². The molecule has 208 valence electrons. The maximum atomic E-state index is 14.2. The van der Waals surface area contributed by atoms with Crippen LogP contribution in [0.3, 0.4) is 0 Å². The van der Waals surface area contributed by atoms with Crippen molar-refractivity contribution < 1.29 is 24.2 Å². The monoisotopic (exact) mass is 525 g/mol. The van der Waals surface area contributed by atoms with E-state index in [9.17, 15) is 19.5 Å². The molecular formula is C30H43N3O5. The number of phenols is 1. The Labute approximate surface area is 226 Å². The van der Waals surface area contributed by atoms with Crippen molar-refractivity contribution in [3.8, 4) is 5.75 Å². The molecule has 38 heavy (non-hydrogen) atoms. The van der Waals surface area contributed by atoms with E-state index in [2.05, 4.69) is 10.6 Å². The molecule has 0 spiro atoms. The minimum absolute atomic E-state index is 0.0532. The van der Waals surface area contributed by atoms with Crippen LogP contribution in [-0.4, -0.2) is 45.6 Å². The largest absolute Gasteiger partial charge is 0.508 e. The van der Waals surface area contributed by atoms with Crippen LogP contribution in [0.1, 0.15) is 78.5 Å². The molecule has 2 rings (SSSR count). The zero-order valence-electron chi connectivity index (χ0n) is 23.9. The van der Waals surface area contributed by atoms with Gasteiger partial charge in [0.25, 0.3) is 5.91 Å². The Balaban J connectivity index is 2.56. The highest BCUT2D eigenvalue weighted by molar-refractivity contribution is 5.99. The number of para-hydroxylation sites is 1. The van der Waals surface area contributed by atoms with Crippen LogP contribution in [0.2, 0.25) is 0 Å². The zero-order valence-corrected chi connectivity index (χ0v) is 23.9. The molecule has 0 aliphatic rings. The molecule has 8 heteroatoms. The minimum atomic E-state index is -1.01. The molecule has 3 amide bonds. The van der Waals surface area contributed by atoms with Gasteiger partial charge in [-0.1, -0.05) is 51.1 Å². The number of alkyl carbamates (subject to hydrolysis) is 1. The summed E-state index contributed by atoms with van der Waals surface area (Å²) in [5, 5.41) is 15.6. The Morgan fingerprint density at radius 2 is 1.61 bits per heavy atom. The third kappa shape index (κ3) is 8.78. The topological polar surface area (TPSA) is 108 Å². The fourth-order valence-corrected chi connectivity index (χ4v) is 4.13. The van der Waals surface area contributed by atoms with E-state index < -0.39 is 23.8 Å². The molecule has 0 bridgehead atoms. The molecule has 0 aromatic heterocycles. The van der Waals surface area contributed by atoms with Crippen molar-refractivity contribution in [3.63, 3.8) is 0 Å². The summed E-state index contributed by atoms with van der Waals surface area (Å²) in [7, 11) is 0. The number of nitrogens with one attached hydrogen (secondary N) is 2. The lowest BCUT2D eigenvalue weighted by Crippen LogP contribution is -2.55. The van der Waals surface area contributed by atoms with E-state index in [1.165, 1.54) is 12.1 Å². The molecule has 0 fully saturated rings. The molecule has 0 heterocycles. The molecule has 0 saturated carbocycles. The molecule has 3 unspecified atom stereocenters. The lowest BCUT2D eigenvalue weighted by atomic mass is 9.97. The fraction of sp³-hybridized carbons (Fsp3) is 0.500. The summed E-state index contributed by atoms with van der Waals surface area (Å²) in [6.07, 6.45) is 0.261. The van der Waals surface area contributed by atoms with Gasteiger partial charge in [-0.25, -0.2) is 4.79 Å². The predicted molar refractivity (Wildman–Crippen MR) is 150 cm³/mol. The van der Waals surface area contributed by atoms with E-state index in [-0.39, 0.29) is 29.5 Å². The maximum absolute atomic E-state index is 14.2. The third-order valence-electron chi connectivity index (χ3n) is 6.15. The van der Waals surface area contributed by atoms with Gasteiger partial charge in [-0.3, -0.25) is 9.59 Å². The first kappa shape index (κ1) is 30.7. The number of aryl methyl sites for hydroxylation is 1. The number of amides is 3. The van der Waals surface area contributed by atoms with Gasteiger partial charge in [-0.15, -0.1) is 0 Å². The minimum Gasteiger partial charge on any atom is -0.508 e. The summed E-state index contributed by atoms with van der Waals surface area (Å²) >= 11 is 0. The van der Waals surface area contributed by atoms with E-state index in [0.717, 1.165) is 5.56 Å². The van der Waals surface area contributed by atoms with Crippen molar-refractivity contribution >= 4 is 23.6 Å². The molecule has 8 nitrogen and oxygen atoms in total. The molecule has 2 aromatic carbocycles. The molecule has 0 radical (unpaired) electrons. The highest BCUT2D eigenvalue weighted by atomic mass is 16.6. The van der Waals surface area contributed by atoms with Crippen molar-refractivity contribution in [1.29, 1.82) is 0 Å². The molecule has 3 atom stereocenters. The average molecular weight is 526 g/mol. The smallest absolute Gasteiger partial charge is 0.408 e. The van der Waals surface area contributed by atoms with Gasteiger partial charge >= 0.3 is 6.09 Å². The molecule has 0 aliphatic heterocycles. The number of nitrogens with zero attached hydrogens (tertiary/aromatic N) is 1. The number of anilines is 1. The van der Waals surface area contributed by atoms with Crippen molar-refractivity contribution in [1.82, 2.24) is 10.2 Å². The van der Waals surface area contributed by atoms with Crippen LogP contribution in [0.5, 0.6) is 5.75 Å². The van der Waals surface area contributed by atoms with Gasteiger partial charge in [-0.05, 0) is 82.7 Å². The number of rotatable bonds is 10. The van der Waals surface area contributed by atoms with Crippen LogP contribution in [0.4, 0.5) is 10.5 Å². The summed E-state index contributed by atoms with van der Waals surface area (Å²) in [4.78, 5) is 42.3. The first-order chi connectivity index (χ1) is 17.7. The Morgan fingerprint density at radius 1 is 1.00 bits per heavy atom. The van der Waals surface area contributed by atoms with Crippen molar-refractivity contribution in [2.24, 2.45) is 5.92 Å². The lowest BCUT2D eigenvalue weighted by molar-refractivity contribution is -0.143. The van der Waals surface area contributed by atoms with Crippen molar-refractivity contribution in [2.75, 3.05) is 5.32 Å². The molecule has 0 saturated heterocycles. The lowest BCUT2D eigenvalue weighted by Gasteiger charge is -2.38. The number of ether oxygens (including phenoxy) is 1. The fourth-order valence-electron chi connectivity index (χ4n) is 4.13. The van der Waals surface area contributed by atoms with Gasteiger partial charge in [-0.2, -0.15) is 0 Å². The standard InChI is InChI=1S/C30H43N3O5/c1-9-21(5)33(28(36)25(18-19(2)3)32-29(37)38-30(6,7)8)26(22-14-16-23(34)17-15-22)27(35)31-24-13-11-10-12-20(24)4/h10-17,19,21,25-26,34H,9,18H2,1-8H3,(H,31,35)(H,32,37). The SMILES string of the molecule is CCC(C)N(C(=O)C(CC(C)C)NC(=O)OC(C)(C)C)C(C(=O)Nc1ccccc1C)c1ccc(O)cc1. The summed E-state index contributed by atoms with van der Waals surface area (Å²) in [5.41, 5.74) is 1.34. The van der Waals surface area contributed by atoms with E-state index >= 15 is 0 Å². The van der Waals surface area contributed by atoms with Gasteiger partial charge in [0.15, 0.2) is 0 Å². The Hall–Kier alpha value is -3.55. The van der Waals surface area contributed by atoms with Crippen LogP contribution < -0.4 is 10.6 Å². The first-order valence-corrected chi connectivity index (χ1v) is 13.2. The van der Waals surface area contributed by atoms with Crippen LogP contribution in [0, 0.1) is 12.8 Å². The molecule has 2 aromatic rings. The highest BCUT2D eigenvalue weighted by Gasteiger charge is 2.38. The third-order valence-corrected chi connectivity index (χ3v) is 6.15. The van der Waals surface area contributed by atoms with Crippen LogP contribution >= 0.6 is 0 Å². The number of carbonyl (C=O) groups is 3. The molecule has 0 aliphatic carbocycles. The Kier molecular flexibility index (Phi) is 10.7. The summed E-state index contributed by atoms with van der Waals surface area (Å²) in [6, 6.07) is 11.4. The second kappa shape index (κ2) is 13.3. The van der Waals surface area contributed by atoms with Gasteiger partial charge in [0, 0.05) is 11.7 Å². The summed E-state index contributed by atoms with van der Waals surface area (Å²) in [6.45, 7) is 14.9. The Morgan fingerprint density at radius 3 is 2.13 bits per heavy atom. The highest BCUT2D eigenvalue weighted by Crippen LogP contribution is 2.30. The summed E-state index contributed by atoms with van der Waals surface area (Å²) < 4.78 is 5.44. The second-order valence-electron chi connectivity index (χ2n) is 11.1. The zero-order chi connectivity index (χ0) is 28.6. The second-order valence-corrected chi connectivity index (χ2v) is 11.1. The van der Waals surface area contributed by atoms with Crippen LogP contribution in [0.15, 0.2) is 48.5 Å². The van der Waals surface area contributed by atoms with E-state index in [0.29, 0.717) is 24.1 Å². The van der Waals surface area contributed by atoms with Crippen molar-refractivity contribution in [3.05, 3.63) is 59.7 Å². The van der Waals surface area contributed by atoms with E-state index in [1.807, 2.05) is 58.9 Å². The van der Waals surface area contributed by atoms with Crippen molar-refractivity contribution in [2.45, 2.75) is 92.0 Å². The number of aromatic hydroxyl groups is 1. The van der Waals surface area contributed by atoms with Crippen LogP contribution in [0.25, 0.3) is 0 Å². The maximum Gasteiger partial charge on any atom is 0.408 e. The van der Waals surface area contributed by atoms with Gasteiger partial charge in [0.2, 0.25) is 5.91 Å². The van der Waals surface area contributed by atoms with E-state index in [1.54, 1.807) is 37.8 Å². The number of hydrogen-bond donors (Lipinski definition) is 3. The average Bonchev–Trinajstić information content (AvgIpc) is 2.82. The predicted octanol–water partition coefficient (Wildman–Crippen LogP) is 5.95. The quantitative estimate of drug-likeness (QED) is 0.355.